The molecule has 0 saturated heterocycles. The first-order valence-electron chi connectivity index (χ1n) is 4.93. The van der Waals surface area contributed by atoms with Gasteiger partial charge in [0, 0.05) is 24.1 Å². The van der Waals surface area contributed by atoms with E-state index < -0.39 is 24.0 Å². The number of aromatic nitrogens is 2. The number of hydrogen-bond acceptors (Lipinski definition) is 6. The van der Waals surface area contributed by atoms with E-state index in [1.807, 2.05) is 0 Å². The van der Waals surface area contributed by atoms with Gasteiger partial charge >= 0.3 is 11.9 Å². The summed E-state index contributed by atoms with van der Waals surface area (Å²) in [5, 5.41) is 16.4. The van der Waals surface area contributed by atoms with Gasteiger partial charge in [-0.1, -0.05) is 0 Å². The van der Waals surface area contributed by atoms with E-state index in [1.54, 1.807) is 6.20 Å². The third kappa shape index (κ3) is 6.89. The van der Waals surface area contributed by atoms with E-state index in [0.717, 1.165) is 5.69 Å². The lowest BCUT2D eigenvalue weighted by Crippen LogP contribution is -2.32. The molecular formula is C9H16N4O4S. The van der Waals surface area contributed by atoms with Crippen LogP contribution in [0.3, 0.4) is 0 Å². The van der Waals surface area contributed by atoms with E-state index in [1.165, 1.54) is 6.33 Å². The summed E-state index contributed by atoms with van der Waals surface area (Å²) in [6, 6.07) is -1.67. The predicted molar refractivity (Wildman–Crippen MR) is 67.4 cm³/mol. The van der Waals surface area contributed by atoms with Crippen molar-refractivity contribution in [3.8, 4) is 0 Å². The number of thiol groups is 1. The quantitative estimate of drug-likeness (QED) is 0.365. The Morgan fingerprint density at radius 2 is 1.89 bits per heavy atom. The summed E-state index contributed by atoms with van der Waals surface area (Å²) in [7, 11) is 0. The zero-order chi connectivity index (χ0) is 14.1. The minimum absolute atomic E-state index is 0.190. The van der Waals surface area contributed by atoms with E-state index in [9.17, 15) is 9.59 Å². The van der Waals surface area contributed by atoms with Gasteiger partial charge < -0.3 is 26.7 Å². The molecule has 102 valence electrons. The number of nitrogens with two attached hydrogens (primary N) is 2. The predicted octanol–water partition coefficient (Wildman–Crippen LogP) is -1.31. The largest absolute Gasteiger partial charge is 0.480 e. The van der Waals surface area contributed by atoms with Crippen LogP contribution in [0, 0.1) is 0 Å². The number of aromatic amines is 1. The van der Waals surface area contributed by atoms with Gasteiger partial charge in [-0.05, 0) is 0 Å². The normalized spacial score (nSPS) is 13.1. The fourth-order valence-corrected chi connectivity index (χ4v) is 0.955. The number of H-pyrrole nitrogens is 1. The second kappa shape index (κ2) is 8.50. The zero-order valence-electron chi connectivity index (χ0n) is 9.48. The third-order valence-electron chi connectivity index (χ3n) is 1.83. The minimum Gasteiger partial charge on any atom is -0.480 e. The Morgan fingerprint density at radius 3 is 2.17 bits per heavy atom. The molecule has 0 aromatic carbocycles. The molecule has 1 rings (SSSR count). The second-order valence-electron chi connectivity index (χ2n) is 3.35. The van der Waals surface area contributed by atoms with Crippen molar-refractivity contribution in [1.82, 2.24) is 9.97 Å². The number of hydrogen-bond donors (Lipinski definition) is 6. The van der Waals surface area contributed by atoms with Gasteiger partial charge in [-0.2, -0.15) is 12.6 Å². The topological polar surface area (TPSA) is 155 Å². The summed E-state index contributed by atoms with van der Waals surface area (Å²) in [4.78, 5) is 26.5. The number of carboxylic acids is 2. The van der Waals surface area contributed by atoms with Gasteiger partial charge in [-0.3, -0.25) is 9.59 Å². The number of aliphatic carboxylic acids is 2. The van der Waals surface area contributed by atoms with Gasteiger partial charge in [-0.25, -0.2) is 4.98 Å². The highest BCUT2D eigenvalue weighted by molar-refractivity contribution is 7.80. The Balaban J connectivity index is 0.000000360. The number of imidazole rings is 1. The van der Waals surface area contributed by atoms with Crippen molar-refractivity contribution in [2.75, 3.05) is 5.75 Å². The lowest BCUT2D eigenvalue weighted by molar-refractivity contribution is -0.139. The second-order valence-corrected chi connectivity index (χ2v) is 3.72. The van der Waals surface area contributed by atoms with E-state index in [0.29, 0.717) is 0 Å². The van der Waals surface area contributed by atoms with Crippen LogP contribution in [0.25, 0.3) is 0 Å². The highest BCUT2D eigenvalue weighted by Gasteiger charge is 2.12. The van der Waals surface area contributed by atoms with Crippen LogP contribution in [0.2, 0.25) is 0 Å². The first kappa shape index (κ1) is 16.4. The van der Waals surface area contributed by atoms with Crippen LogP contribution >= 0.6 is 12.6 Å². The molecule has 0 radical (unpaired) electrons. The standard InChI is InChI=1S/C6H9N3O2.C3H7NO2S/c7-5(6(10)11)1-4-2-8-3-9-4;4-2(1-7)3(5)6/h2-3,5H,1,7H2,(H,8,9)(H,10,11);2,7H,1,4H2,(H,5,6). The van der Waals surface area contributed by atoms with E-state index in [2.05, 4.69) is 22.6 Å². The molecule has 0 amide bonds. The molecule has 8 nitrogen and oxygen atoms in total. The maximum absolute atomic E-state index is 10.3. The minimum atomic E-state index is -1.00. The molecule has 2 unspecified atom stereocenters. The fraction of sp³-hybridized carbons (Fsp3) is 0.444. The van der Waals surface area contributed by atoms with Crippen molar-refractivity contribution in [1.29, 1.82) is 0 Å². The molecule has 7 N–H and O–H groups in total. The van der Waals surface area contributed by atoms with E-state index in [4.69, 9.17) is 21.7 Å². The van der Waals surface area contributed by atoms with Crippen LogP contribution in [0.15, 0.2) is 12.5 Å². The molecule has 1 aromatic rings. The summed E-state index contributed by atoms with van der Waals surface area (Å²) in [6.45, 7) is 0. The molecular weight excluding hydrogens is 260 g/mol. The summed E-state index contributed by atoms with van der Waals surface area (Å²) >= 11 is 3.65. The van der Waals surface area contributed by atoms with E-state index in [-0.39, 0.29) is 12.2 Å². The van der Waals surface area contributed by atoms with Gasteiger partial charge in [0.25, 0.3) is 0 Å². The average molecular weight is 276 g/mol. The Morgan fingerprint density at radius 1 is 1.33 bits per heavy atom. The highest BCUT2D eigenvalue weighted by atomic mass is 32.1. The molecule has 0 fully saturated rings. The Labute approximate surface area is 109 Å². The molecule has 1 heterocycles. The maximum atomic E-state index is 10.3. The van der Waals surface area contributed by atoms with Crippen LogP contribution in [0.1, 0.15) is 5.69 Å². The molecule has 0 saturated carbocycles. The lowest BCUT2D eigenvalue weighted by atomic mass is 10.2. The van der Waals surface area contributed by atoms with Crippen LogP contribution in [0.5, 0.6) is 0 Å². The van der Waals surface area contributed by atoms with E-state index >= 15 is 0 Å². The molecule has 0 spiro atoms. The van der Waals surface area contributed by atoms with Crippen LogP contribution in [0.4, 0.5) is 0 Å². The van der Waals surface area contributed by atoms with Crippen molar-refractivity contribution in [2.45, 2.75) is 18.5 Å². The van der Waals surface area contributed by atoms with Crippen LogP contribution < -0.4 is 11.5 Å². The van der Waals surface area contributed by atoms with Gasteiger partial charge in [0.1, 0.15) is 12.1 Å². The number of carboxylic acid groups (broad SMARTS) is 2. The van der Waals surface area contributed by atoms with Crippen molar-refractivity contribution in [3.63, 3.8) is 0 Å². The molecule has 0 aliphatic carbocycles. The summed E-state index contributed by atoms with van der Waals surface area (Å²) in [5.41, 5.74) is 10.9. The first-order valence-corrected chi connectivity index (χ1v) is 5.56. The zero-order valence-corrected chi connectivity index (χ0v) is 10.4. The van der Waals surface area contributed by atoms with Gasteiger partial charge in [0.2, 0.25) is 0 Å². The molecule has 1 aromatic heterocycles. The van der Waals surface area contributed by atoms with Crippen molar-refractivity contribution >= 4 is 24.6 Å². The highest BCUT2D eigenvalue weighted by Crippen LogP contribution is 1.95. The summed E-state index contributed by atoms with van der Waals surface area (Å²) in [5.74, 6) is -1.82. The fourth-order valence-electron chi connectivity index (χ4n) is 0.799. The number of carbonyl (C=O) groups is 2. The third-order valence-corrected chi connectivity index (χ3v) is 2.22. The van der Waals surface area contributed by atoms with Crippen molar-refractivity contribution < 1.29 is 19.8 Å². The Bertz CT molecular complexity index is 371. The number of nitrogens with zero attached hydrogens (tertiary/aromatic N) is 1. The molecule has 0 aliphatic heterocycles. The molecule has 0 aliphatic rings. The Kier molecular flexibility index (Phi) is 7.76. The van der Waals surface area contributed by atoms with Gasteiger partial charge in [0.15, 0.2) is 0 Å². The number of rotatable bonds is 5. The molecule has 2 atom stereocenters. The van der Waals surface area contributed by atoms with Crippen molar-refractivity contribution in [2.24, 2.45) is 11.5 Å². The monoisotopic (exact) mass is 276 g/mol. The van der Waals surface area contributed by atoms with Gasteiger partial charge in [-0.15, -0.1) is 0 Å². The van der Waals surface area contributed by atoms with Gasteiger partial charge in [0.05, 0.1) is 6.33 Å². The lowest BCUT2D eigenvalue weighted by Gasteiger charge is -2.02. The maximum Gasteiger partial charge on any atom is 0.321 e. The average Bonchev–Trinajstić information content (AvgIpc) is 2.81. The number of nitrogens with one attached hydrogen (secondary N) is 1. The van der Waals surface area contributed by atoms with Crippen molar-refractivity contribution in [3.05, 3.63) is 18.2 Å². The molecule has 9 heteroatoms. The smallest absolute Gasteiger partial charge is 0.321 e. The van der Waals surface area contributed by atoms with Crippen LogP contribution in [-0.4, -0.2) is 50.0 Å². The Hall–Kier alpha value is -1.58. The summed E-state index contributed by atoms with van der Waals surface area (Å²) < 4.78 is 0. The van der Waals surface area contributed by atoms with Crippen LogP contribution in [-0.2, 0) is 16.0 Å². The SMILES string of the molecule is NC(CS)C(=O)O.NC(Cc1cnc[nH]1)C(=O)O. The molecule has 0 bridgehead atoms. The summed E-state index contributed by atoms with van der Waals surface area (Å²) in [6.07, 6.45) is 3.34. The molecule has 18 heavy (non-hydrogen) atoms. The first-order chi connectivity index (χ1) is 8.38.